The second kappa shape index (κ2) is 44.5. The van der Waals surface area contributed by atoms with Crippen molar-refractivity contribution >= 4 is 29.8 Å². The van der Waals surface area contributed by atoms with Crippen molar-refractivity contribution in [3.63, 3.8) is 0 Å². The van der Waals surface area contributed by atoms with E-state index in [9.17, 15) is 24.0 Å². The number of hydrogen-bond acceptors (Lipinski definition) is 11. The Kier molecular flexibility index (Phi) is 42.6. The fourth-order valence-electron chi connectivity index (χ4n) is 7.64. The summed E-state index contributed by atoms with van der Waals surface area (Å²) in [6, 6.07) is 0. The Morgan fingerprint density at radius 3 is 1.10 bits per heavy atom. The molecule has 0 aromatic heterocycles. The molecule has 0 saturated carbocycles. The van der Waals surface area contributed by atoms with Crippen molar-refractivity contribution in [2.45, 2.75) is 246 Å². The zero-order chi connectivity index (χ0) is 46.6. The van der Waals surface area contributed by atoms with Crippen LogP contribution >= 0.6 is 0 Å². The molecule has 11 nitrogen and oxygen atoms in total. The van der Waals surface area contributed by atoms with Gasteiger partial charge in [0.25, 0.3) is 0 Å². The molecule has 0 spiro atoms. The summed E-state index contributed by atoms with van der Waals surface area (Å²) in [4.78, 5) is 66.2. The molecule has 11 heteroatoms. The number of nitrogens with zero attached hydrogens (tertiary/aromatic N) is 1. The van der Waals surface area contributed by atoms with Crippen molar-refractivity contribution in [1.82, 2.24) is 4.90 Å². The van der Waals surface area contributed by atoms with Crippen molar-refractivity contribution in [3.05, 3.63) is 0 Å². The molecule has 0 fully saturated rings. The van der Waals surface area contributed by atoms with Crippen LogP contribution in [0.1, 0.15) is 240 Å². The Labute approximate surface area is 385 Å². The van der Waals surface area contributed by atoms with Gasteiger partial charge in [0.1, 0.15) is 13.2 Å². The van der Waals surface area contributed by atoms with Gasteiger partial charge in [-0.1, -0.05) is 156 Å². The maximum absolute atomic E-state index is 13.0. The third kappa shape index (κ3) is 39.4. The first-order valence-electron chi connectivity index (χ1n) is 26.1. The Balaban J connectivity index is 4.93. The zero-order valence-electron chi connectivity index (χ0n) is 41.6. The maximum Gasteiger partial charge on any atom is 0.308 e. The average Bonchev–Trinajstić information content (AvgIpc) is 3.26. The van der Waals surface area contributed by atoms with E-state index in [2.05, 4.69) is 32.6 Å². The van der Waals surface area contributed by atoms with Crippen molar-refractivity contribution in [1.29, 1.82) is 0 Å². The molecular weight excluding hydrogens is 799 g/mol. The van der Waals surface area contributed by atoms with Crippen LogP contribution in [0.3, 0.4) is 0 Å². The van der Waals surface area contributed by atoms with Crippen LogP contribution in [0.25, 0.3) is 0 Å². The van der Waals surface area contributed by atoms with Gasteiger partial charge in [-0.15, -0.1) is 0 Å². The molecular formula is C52H97NO10. The number of carbonyl (C=O) groups is 5. The molecule has 0 aromatic carbocycles. The minimum absolute atomic E-state index is 0.0653. The third-order valence-electron chi connectivity index (χ3n) is 11.7. The van der Waals surface area contributed by atoms with Gasteiger partial charge >= 0.3 is 29.8 Å². The summed E-state index contributed by atoms with van der Waals surface area (Å²) < 4.78 is 27.9. The van der Waals surface area contributed by atoms with Crippen LogP contribution in [0.4, 0.5) is 0 Å². The van der Waals surface area contributed by atoms with Crippen molar-refractivity contribution < 1.29 is 47.7 Å². The molecule has 0 aliphatic carbocycles. The molecule has 3 atom stereocenters. The van der Waals surface area contributed by atoms with Crippen molar-refractivity contribution in [2.24, 2.45) is 11.8 Å². The minimum atomic E-state index is -0.942. The Hall–Kier alpha value is -2.69. The lowest BCUT2D eigenvalue weighted by Crippen LogP contribution is -2.31. The number of carbonyl (C=O) groups excluding carboxylic acids is 5. The molecule has 0 radical (unpaired) electrons. The van der Waals surface area contributed by atoms with Gasteiger partial charge in [-0.2, -0.15) is 0 Å². The Bertz CT molecular complexity index is 1110. The molecule has 0 rings (SSSR count). The van der Waals surface area contributed by atoms with E-state index in [4.69, 9.17) is 23.7 Å². The zero-order valence-corrected chi connectivity index (χ0v) is 41.6. The van der Waals surface area contributed by atoms with E-state index in [0.29, 0.717) is 32.1 Å². The molecule has 63 heavy (non-hydrogen) atoms. The van der Waals surface area contributed by atoms with Crippen LogP contribution in [0.15, 0.2) is 0 Å². The first-order valence-corrected chi connectivity index (χ1v) is 26.1. The van der Waals surface area contributed by atoms with Crippen LogP contribution in [0, 0.1) is 11.8 Å². The van der Waals surface area contributed by atoms with Gasteiger partial charge < -0.3 is 28.6 Å². The molecule has 0 saturated heterocycles. The lowest BCUT2D eigenvalue weighted by molar-refractivity contribution is -0.167. The predicted octanol–water partition coefficient (Wildman–Crippen LogP) is 12.8. The Morgan fingerprint density at radius 1 is 0.381 bits per heavy atom. The highest BCUT2D eigenvalue weighted by molar-refractivity contribution is 5.73. The molecule has 2 unspecified atom stereocenters. The van der Waals surface area contributed by atoms with Crippen molar-refractivity contribution in [3.8, 4) is 0 Å². The molecule has 0 aliphatic rings. The average molecular weight is 896 g/mol. The van der Waals surface area contributed by atoms with Gasteiger partial charge in [0.05, 0.1) is 25.0 Å². The summed E-state index contributed by atoms with van der Waals surface area (Å²) in [5.41, 5.74) is 0. The summed E-state index contributed by atoms with van der Waals surface area (Å²) in [6.07, 6.45) is 29.8. The number of esters is 5. The normalized spacial score (nSPS) is 12.7. The molecule has 0 bridgehead atoms. The summed E-state index contributed by atoms with van der Waals surface area (Å²) in [7, 11) is 3.96. The number of ether oxygens (including phenoxy) is 5. The van der Waals surface area contributed by atoms with Gasteiger partial charge in [-0.25, -0.2) is 0 Å². The van der Waals surface area contributed by atoms with Gasteiger partial charge in [0.15, 0.2) is 6.10 Å². The molecule has 0 N–H and O–H groups in total. The standard InChI is InChI=1S/C52H97NO10/c1-7-11-15-19-21-25-35-45(33-23-17-13-9-3)51(57)59-41-31-28-38-49(55)62-44-47(43-61-48(54)37-27-30-40-53(5)6)63-50(56)39-29-32-42-60-52(58)46(34-24-18-14-10-4)36-26-22-20-16-12-8-2/h45-47H,7-44H2,1-6H3/t45?,46?,47-/m0/s1. The highest BCUT2D eigenvalue weighted by atomic mass is 16.6. The molecule has 370 valence electrons. The minimum Gasteiger partial charge on any atom is -0.465 e. The SMILES string of the molecule is CCCCCCCCC(CCCCCC)C(=O)OCCCCC(=O)OC[C@H](COC(=O)CCCCN(C)C)OC(=O)CCCCOC(=O)C(CCCCCC)CCCCCCCC. The van der Waals surface area contributed by atoms with E-state index in [1.54, 1.807) is 0 Å². The summed E-state index contributed by atoms with van der Waals surface area (Å²) in [6.45, 7) is 9.73. The van der Waals surface area contributed by atoms with Crippen LogP contribution in [0.5, 0.6) is 0 Å². The molecule has 0 amide bonds. The second-order valence-corrected chi connectivity index (χ2v) is 18.2. The van der Waals surface area contributed by atoms with E-state index in [-0.39, 0.29) is 69.5 Å². The third-order valence-corrected chi connectivity index (χ3v) is 11.7. The molecule has 0 aliphatic heterocycles. The lowest BCUT2D eigenvalue weighted by Gasteiger charge is -2.18. The monoisotopic (exact) mass is 896 g/mol. The Morgan fingerprint density at radius 2 is 0.714 bits per heavy atom. The molecule has 0 aromatic rings. The molecule has 0 heterocycles. The number of unbranched alkanes of at least 4 members (excludes halogenated alkanes) is 19. The smallest absolute Gasteiger partial charge is 0.308 e. The second-order valence-electron chi connectivity index (χ2n) is 18.2. The topological polar surface area (TPSA) is 135 Å². The van der Waals surface area contributed by atoms with Gasteiger partial charge in [-0.3, -0.25) is 24.0 Å². The largest absolute Gasteiger partial charge is 0.465 e. The van der Waals surface area contributed by atoms with E-state index in [1.807, 2.05) is 14.1 Å². The number of hydrogen-bond donors (Lipinski definition) is 0. The van der Waals surface area contributed by atoms with Crippen LogP contribution in [-0.4, -0.2) is 87.9 Å². The van der Waals surface area contributed by atoms with E-state index < -0.39 is 24.0 Å². The fraction of sp³-hybridized carbons (Fsp3) is 0.904. The fourth-order valence-corrected chi connectivity index (χ4v) is 7.64. The van der Waals surface area contributed by atoms with E-state index >= 15 is 0 Å². The highest BCUT2D eigenvalue weighted by Gasteiger charge is 2.22. The van der Waals surface area contributed by atoms with E-state index in [0.717, 1.165) is 103 Å². The summed E-state index contributed by atoms with van der Waals surface area (Å²) in [5.74, 6) is -1.75. The van der Waals surface area contributed by atoms with Crippen LogP contribution in [0.2, 0.25) is 0 Å². The van der Waals surface area contributed by atoms with Gasteiger partial charge in [0.2, 0.25) is 0 Å². The predicted molar refractivity (Wildman–Crippen MR) is 254 cm³/mol. The first kappa shape index (κ1) is 60.3. The van der Waals surface area contributed by atoms with Gasteiger partial charge in [-0.05, 0) is 84.8 Å². The maximum atomic E-state index is 13.0. The lowest BCUT2D eigenvalue weighted by atomic mass is 9.94. The van der Waals surface area contributed by atoms with Crippen LogP contribution in [-0.2, 0) is 47.7 Å². The summed E-state index contributed by atoms with van der Waals surface area (Å²) in [5, 5.41) is 0. The van der Waals surface area contributed by atoms with Gasteiger partial charge in [0, 0.05) is 19.3 Å². The van der Waals surface area contributed by atoms with Crippen molar-refractivity contribution in [2.75, 3.05) is 47.1 Å². The highest BCUT2D eigenvalue weighted by Crippen LogP contribution is 2.22. The quantitative estimate of drug-likeness (QED) is 0.0328. The van der Waals surface area contributed by atoms with E-state index in [1.165, 1.54) is 64.2 Å². The number of rotatable bonds is 46. The first-order chi connectivity index (χ1) is 30.6. The van der Waals surface area contributed by atoms with Crippen LogP contribution < -0.4 is 0 Å². The summed E-state index contributed by atoms with van der Waals surface area (Å²) >= 11 is 0.